The zero-order valence-corrected chi connectivity index (χ0v) is 38.3. The summed E-state index contributed by atoms with van der Waals surface area (Å²) in [6.07, 6.45) is 0. The highest BCUT2D eigenvalue weighted by atomic mass is 32.1. The smallest absolute Gasteiger partial charge is 0.333 e. The van der Waals surface area contributed by atoms with Crippen molar-refractivity contribution in [2.24, 2.45) is 0 Å². The highest BCUT2D eigenvalue weighted by Gasteiger charge is 2.49. The zero-order chi connectivity index (χ0) is 43.2. The van der Waals surface area contributed by atoms with Crippen molar-refractivity contribution in [2.75, 3.05) is 9.71 Å². The molecule has 0 bridgehead atoms. The summed E-state index contributed by atoms with van der Waals surface area (Å²) in [7, 11) is 0. The van der Waals surface area contributed by atoms with Gasteiger partial charge in [-0.3, -0.25) is 0 Å². The van der Waals surface area contributed by atoms with Crippen LogP contribution in [-0.4, -0.2) is 6.85 Å². The summed E-state index contributed by atoms with van der Waals surface area (Å²) in [5, 5.41) is 2.63. The van der Waals surface area contributed by atoms with Crippen LogP contribution >= 0.6 is 11.3 Å². The molecule has 0 unspecified atom stereocenters. The number of nitrogens with zero attached hydrogens (tertiary/aromatic N) is 2. The third kappa shape index (κ3) is 5.50. The van der Waals surface area contributed by atoms with Crippen LogP contribution in [0.2, 0.25) is 0 Å². The quantitative estimate of drug-likeness (QED) is 0.164. The van der Waals surface area contributed by atoms with Crippen molar-refractivity contribution in [3.63, 3.8) is 0 Å². The zero-order valence-electron chi connectivity index (χ0n) is 37.5. The number of benzene rings is 8. The maximum atomic E-state index is 2.71. The lowest BCUT2D eigenvalue weighted by Crippen LogP contribution is -2.61. The Hall–Kier alpha value is -6.36. The predicted octanol–water partition coefficient (Wildman–Crippen LogP) is 15.3. The summed E-state index contributed by atoms with van der Waals surface area (Å²) in [4.78, 5) is 5.37. The van der Waals surface area contributed by atoms with Crippen LogP contribution in [0.3, 0.4) is 0 Å². The topological polar surface area (TPSA) is 6.48 Å². The Kier molecular flexibility index (Phi) is 8.11. The van der Waals surface area contributed by atoms with E-state index in [2.05, 4.69) is 229 Å². The first kappa shape index (κ1) is 38.3. The summed E-state index contributed by atoms with van der Waals surface area (Å²) in [5.41, 5.74) is 21.9. The van der Waals surface area contributed by atoms with Gasteiger partial charge in [0.1, 0.15) is 0 Å². The molecular formula is C59H51BN2S. The van der Waals surface area contributed by atoms with Gasteiger partial charge >= 0.3 is 6.85 Å². The number of para-hydroxylation sites is 1. The predicted molar refractivity (Wildman–Crippen MR) is 273 cm³/mol. The SMILES string of the molecule is CC(C)(C)c1ccc(N2B3c4ccc5c(c4N(c4ccc(C(C)(C)C)cc4-c4ccccc4)c4cc6c(sc7ccccc76)c(c43)-c3ccccc32)-c2ccccc2C5(C)C)cc1. The number of hydrogen-bond donors (Lipinski definition) is 0. The summed E-state index contributed by atoms with van der Waals surface area (Å²) >= 11 is 1.94. The highest BCUT2D eigenvalue weighted by Crippen LogP contribution is 2.58. The fourth-order valence-corrected chi connectivity index (χ4v) is 12.4. The van der Waals surface area contributed by atoms with Gasteiger partial charge in [-0.05, 0) is 97.6 Å². The van der Waals surface area contributed by atoms with Crippen LogP contribution in [-0.2, 0) is 16.2 Å². The van der Waals surface area contributed by atoms with E-state index in [0.29, 0.717) is 0 Å². The third-order valence-corrected chi connectivity index (χ3v) is 15.6. The lowest BCUT2D eigenvalue weighted by Gasteiger charge is -2.47. The van der Waals surface area contributed by atoms with Gasteiger partial charge in [0.15, 0.2) is 0 Å². The van der Waals surface area contributed by atoms with Gasteiger partial charge in [0.2, 0.25) is 0 Å². The number of thiophene rings is 1. The molecule has 0 spiro atoms. The van der Waals surface area contributed by atoms with Crippen molar-refractivity contribution in [1.29, 1.82) is 0 Å². The minimum Gasteiger partial charge on any atom is -0.376 e. The molecule has 3 aliphatic rings. The fraction of sp³-hybridized carbons (Fsp3) is 0.186. The normalized spacial score (nSPS) is 14.7. The first-order chi connectivity index (χ1) is 30.3. The fourth-order valence-electron chi connectivity index (χ4n) is 11.1. The van der Waals surface area contributed by atoms with Crippen molar-refractivity contribution in [1.82, 2.24) is 0 Å². The Morgan fingerprint density at radius 2 is 1.17 bits per heavy atom. The average molecular weight is 831 g/mol. The van der Waals surface area contributed by atoms with Crippen LogP contribution in [0.15, 0.2) is 164 Å². The van der Waals surface area contributed by atoms with Crippen LogP contribution < -0.4 is 20.6 Å². The molecule has 12 rings (SSSR count). The molecule has 4 heteroatoms. The van der Waals surface area contributed by atoms with Crippen molar-refractivity contribution in [3.05, 3.63) is 186 Å². The molecule has 1 aromatic heterocycles. The van der Waals surface area contributed by atoms with Crippen LogP contribution in [0.1, 0.15) is 77.6 Å². The third-order valence-electron chi connectivity index (χ3n) is 14.4. The number of anilines is 5. The number of fused-ring (bicyclic) bond motifs is 12. The first-order valence-corrected chi connectivity index (χ1v) is 23.4. The summed E-state index contributed by atoms with van der Waals surface area (Å²) in [6, 6.07) is 62.8. The molecule has 3 heterocycles. The van der Waals surface area contributed by atoms with Crippen molar-refractivity contribution < 1.29 is 0 Å². The lowest BCUT2D eigenvalue weighted by atomic mass is 9.43. The molecule has 8 aromatic carbocycles. The van der Waals surface area contributed by atoms with Crippen LogP contribution in [0.4, 0.5) is 28.4 Å². The molecule has 2 nitrogen and oxygen atoms in total. The standard InChI is InChI=1S/C59H51BN2S/c1-57(2,3)37-26-29-39(30-27-37)62-49-24-16-13-22-42(49)53-54-50(35-44-40-20-14-17-25-51(40)63-56(44)53)61(48-33-28-38(58(4,5)6)34-43(48)36-18-10-9-11-19-36)55-47(60(54)62)32-31-46-52(55)41-21-12-15-23-45(41)59(46,7)8/h9-35H,1-8H3. The van der Waals surface area contributed by atoms with E-state index in [9.17, 15) is 0 Å². The van der Waals surface area contributed by atoms with Gasteiger partial charge < -0.3 is 9.71 Å². The van der Waals surface area contributed by atoms with Gasteiger partial charge in [-0.1, -0.05) is 177 Å². The Balaban J connectivity index is 1.28. The van der Waals surface area contributed by atoms with E-state index >= 15 is 0 Å². The van der Waals surface area contributed by atoms with Gasteiger partial charge in [-0.2, -0.15) is 0 Å². The van der Waals surface area contributed by atoms with E-state index in [-0.39, 0.29) is 23.1 Å². The van der Waals surface area contributed by atoms with E-state index < -0.39 is 0 Å². The Morgan fingerprint density at radius 3 is 1.94 bits per heavy atom. The average Bonchev–Trinajstić information content (AvgIpc) is 3.77. The monoisotopic (exact) mass is 830 g/mol. The molecule has 0 radical (unpaired) electrons. The molecule has 0 atom stereocenters. The van der Waals surface area contributed by atoms with Crippen LogP contribution in [0.25, 0.3) is 53.6 Å². The Labute approximate surface area is 376 Å². The number of rotatable bonds is 3. The second-order valence-electron chi connectivity index (χ2n) is 20.5. The lowest BCUT2D eigenvalue weighted by molar-refractivity contribution is 0.590. The molecule has 0 saturated heterocycles. The van der Waals surface area contributed by atoms with Gasteiger partial charge in [0, 0.05) is 64.9 Å². The molecule has 9 aromatic rings. The van der Waals surface area contributed by atoms with Crippen LogP contribution in [0.5, 0.6) is 0 Å². The Morgan fingerprint density at radius 1 is 0.508 bits per heavy atom. The summed E-state index contributed by atoms with van der Waals surface area (Å²) in [5.74, 6) is 0. The highest BCUT2D eigenvalue weighted by molar-refractivity contribution is 7.26. The van der Waals surface area contributed by atoms with E-state index in [1.807, 2.05) is 11.3 Å². The molecule has 0 saturated carbocycles. The molecule has 306 valence electrons. The molecule has 0 amide bonds. The van der Waals surface area contributed by atoms with E-state index in [1.54, 1.807) is 0 Å². The van der Waals surface area contributed by atoms with E-state index in [0.717, 1.165) is 0 Å². The minimum atomic E-state index is -0.175. The molecule has 1 aliphatic carbocycles. The van der Waals surface area contributed by atoms with E-state index in [1.165, 1.54) is 115 Å². The minimum absolute atomic E-state index is 0.0302. The molecule has 0 fully saturated rings. The Bertz CT molecular complexity index is 3340. The number of hydrogen-bond acceptors (Lipinski definition) is 3. The summed E-state index contributed by atoms with van der Waals surface area (Å²) in [6.45, 7) is 18.6. The van der Waals surface area contributed by atoms with Gasteiger partial charge in [-0.15, -0.1) is 11.3 Å². The first-order valence-electron chi connectivity index (χ1n) is 22.6. The molecule has 0 N–H and O–H groups in total. The van der Waals surface area contributed by atoms with Crippen LogP contribution in [0, 0.1) is 0 Å². The molecule has 2 aliphatic heterocycles. The van der Waals surface area contributed by atoms with Crippen molar-refractivity contribution in [3.8, 4) is 33.4 Å². The van der Waals surface area contributed by atoms with Gasteiger partial charge in [0.25, 0.3) is 0 Å². The second kappa shape index (κ2) is 13.3. The molecular weight excluding hydrogens is 780 g/mol. The largest absolute Gasteiger partial charge is 0.376 e. The van der Waals surface area contributed by atoms with Crippen molar-refractivity contribution >= 4 is 77.7 Å². The summed E-state index contributed by atoms with van der Waals surface area (Å²) < 4.78 is 2.68. The maximum Gasteiger partial charge on any atom is 0.333 e. The molecule has 63 heavy (non-hydrogen) atoms. The van der Waals surface area contributed by atoms with Gasteiger partial charge in [0.05, 0.1) is 11.4 Å². The second-order valence-corrected chi connectivity index (χ2v) is 21.6. The van der Waals surface area contributed by atoms with Gasteiger partial charge in [-0.25, -0.2) is 0 Å². The maximum absolute atomic E-state index is 2.71. The van der Waals surface area contributed by atoms with E-state index in [4.69, 9.17) is 0 Å². The van der Waals surface area contributed by atoms with Crippen molar-refractivity contribution in [2.45, 2.75) is 71.6 Å².